The number of hydrogen-bond donors (Lipinski definition) is 1. The number of benzene rings is 2. The quantitative estimate of drug-likeness (QED) is 0.492. The van der Waals surface area contributed by atoms with Gasteiger partial charge in [-0.2, -0.15) is 0 Å². The molecule has 1 N–H and O–H groups in total. The number of likely N-dealkylation sites (tertiary alicyclic amines) is 1. The van der Waals surface area contributed by atoms with Gasteiger partial charge in [-0.15, -0.1) is 0 Å². The summed E-state index contributed by atoms with van der Waals surface area (Å²) in [4.78, 5) is 28.3. The van der Waals surface area contributed by atoms with Gasteiger partial charge in [0.1, 0.15) is 11.5 Å². The van der Waals surface area contributed by atoms with Crippen LogP contribution in [-0.2, 0) is 0 Å². The second kappa shape index (κ2) is 11.4. The molecular formula is C28H36N2O4. The van der Waals surface area contributed by atoms with Gasteiger partial charge in [0.15, 0.2) is 0 Å². The normalized spacial score (nSPS) is 19.8. The van der Waals surface area contributed by atoms with E-state index in [9.17, 15) is 9.59 Å². The number of nitrogens with one attached hydrogen (secondary N) is 1. The highest BCUT2D eigenvalue weighted by Crippen LogP contribution is 2.37. The smallest absolute Gasteiger partial charge is 0.257 e. The molecule has 0 aromatic heterocycles. The summed E-state index contributed by atoms with van der Waals surface area (Å²) in [6, 6.07) is 12.7. The van der Waals surface area contributed by atoms with Crippen LogP contribution in [0.2, 0.25) is 0 Å². The summed E-state index contributed by atoms with van der Waals surface area (Å²) in [5, 5.41) is 2.91. The van der Waals surface area contributed by atoms with Gasteiger partial charge in [-0.25, -0.2) is 0 Å². The predicted octanol–water partition coefficient (Wildman–Crippen LogP) is 5.92. The SMILES string of the molecule is CCCCOc1ccc(C(=O)Nc2ccc(C(=O)N3CCC[C@H]4CCCC[C@H]43)c(OC)c2)cc1. The zero-order chi connectivity index (χ0) is 23.9. The fourth-order valence-corrected chi connectivity index (χ4v) is 5.22. The van der Waals surface area contributed by atoms with Gasteiger partial charge in [0.05, 0.1) is 19.3 Å². The molecule has 0 spiro atoms. The van der Waals surface area contributed by atoms with Crippen LogP contribution < -0.4 is 14.8 Å². The molecule has 1 saturated carbocycles. The van der Waals surface area contributed by atoms with E-state index in [1.807, 2.05) is 12.1 Å². The number of methoxy groups -OCH3 is 1. The van der Waals surface area contributed by atoms with Gasteiger partial charge in [-0.1, -0.05) is 26.2 Å². The van der Waals surface area contributed by atoms with Crippen LogP contribution in [0, 0.1) is 5.92 Å². The van der Waals surface area contributed by atoms with Crippen molar-refractivity contribution in [1.29, 1.82) is 0 Å². The van der Waals surface area contributed by atoms with Crippen molar-refractivity contribution in [2.45, 2.75) is 64.3 Å². The zero-order valence-corrected chi connectivity index (χ0v) is 20.3. The number of rotatable bonds is 8. The molecule has 2 aliphatic rings. The van der Waals surface area contributed by atoms with Gasteiger partial charge in [0, 0.05) is 29.9 Å². The highest BCUT2D eigenvalue weighted by Gasteiger charge is 2.36. The number of unbranched alkanes of at least 4 members (excludes halogenated alkanes) is 1. The highest BCUT2D eigenvalue weighted by atomic mass is 16.5. The Morgan fingerprint density at radius 3 is 2.56 bits per heavy atom. The van der Waals surface area contributed by atoms with Crippen LogP contribution in [0.3, 0.4) is 0 Å². The van der Waals surface area contributed by atoms with Crippen LogP contribution in [0.4, 0.5) is 5.69 Å². The first kappa shape index (κ1) is 24.1. The maximum Gasteiger partial charge on any atom is 0.257 e. The van der Waals surface area contributed by atoms with Gasteiger partial charge >= 0.3 is 0 Å². The fraction of sp³-hybridized carbons (Fsp3) is 0.500. The number of ether oxygens (including phenoxy) is 2. The molecule has 2 aromatic rings. The number of piperidine rings is 1. The van der Waals surface area contributed by atoms with Crippen LogP contribution in [-0.4, -0.2) is 43.0 Å². The molecular weight excluding hydrogens is 428 g/mol. The lowest BCUT2D eigenvalue weighted by atomic mass is 9.78. The van der Waals surface area contributed by atoms with Crippen LogP contribution in [0.15, 0.2) is 42.5 Å². The number of carbonyl (C=O) groups is 2. The molecule has 4 rings (SSSR count). The molecule has 2 aromatic carbocycles. The molecule has 6 heteroatoms. The molecule has 1 aliphatic heterocycles. The molecule has 1 aliphatic carbocycles. The van der Waals surface area contributed by atoms with Crippen molar-refractivity contribution < 1.29 is 19.1 Å². The van der Waals surface area contributed by atoms with Gasteiger partial charge in [-0.05, 0) is 74.4 Å². The number of fused-ring (bicyclic) bond motifs is 1. The molecule has 2 atom stereocenters. The van der Waals surface area contributed by atoms with Crippen molar-refractivity contribution in [3.8, 4) is 11.5 Å². The third-order valence-corrected chi connectivity index (χ3v) is 7.08. The maximum absolute atomic E-state index is 13.5. The number of amides is 2. The van der Waals surface area contributed by atoms with E-state index in [4.69, 9.17) is 9.47 Å². The molecule has 1 saturated heterocycles. The van der Waals surface area contributed by atoms with Gasteiger partial charge in [0.25, 0.3) is 11.8 Å². The number of hydrogen-bond acceptors (Lipinski definition) is 4. The molecule has 1 heterocycles. The average Bonchev–Trinajstić information content (AvgIpc) is 2.88. The maximum atomic E-state index is 13.5. The van der Waals surface area contributed by atoms with Crippen LogP contribution in [0.25, 0.3) is 0 Å². The van der Waals surface area contributed by atoms with E-state index in [0.717, 1.165) is 38.0 Å². The molecule has 0 bridgehead atoms. The summed E-state index contributed by atoms with van der Waals surface area (Å²) < 4.78 is 11.2. The summed E-state index contributed by atoms with van der Waals surface area (Å²) >= 11 is 0. The van der Waals surface area contributed by atoms with Crippen molar-refractivity contribution in [3.63, 3.8) is 0 Å². The van der Waals surface area contributed by atoms with Crippen LogP contribution >= 0.6 is 0 Å². The summed E-state index contributed by atoms with van der Waals surface area (Å²) in [7, 11) is 1.56. The van der Waals surface area contributed by atoms with Crippen molar-refractivity contribution in [3.05, 3.63) is 53.6 Å². The van der Waals surface area contributed by atoms with Crippen molar-refractivity contribution in [2.75, 3.05) is 25.6 Å². The number of carbonyl (C=O) groups excluding carboxylic acids is 2. The third kappa shape index (κ3) is 5.54. The minimum atomic E-state index is -0.220. The Kier molecular flexibility index (Phi) is 8.09. The Labute approximate surface area is 202 Å². The lowest BCUT2D eigenvalue weighted by molar-refractivity contribution is 0.0388. The molecule has 0 unspecified atom stereocenters. The van der Waals surface area contributed by atoms with Crippen molar-refractivity contribution >= 4 is 17.5 Å². The zero-order valence-electron chi connectivity index (χ0n) is 20.3. The van der Waals surface area contributed by atoms with Crippen LogP contribution in [0.5, 0.6) is 11.5 Å². The minimum Gasteiger partial charge on any atom is -0.496 e. The summed E-state index contributed by atoms with van der Waals surface area (Å²) in [5.41, 5.74) is 1.69. The second-order valence-corrected chi connectivity index (χ2v) is 9.35. The van der Waals surface area contributed by atoms with E-state index < -0.39 is 0 Å². The van der Waals surface area contributed by atoms with Gasteiger partial charge < -0.3 is 19.7 Å². The first-order valence-corrected chi connectivity index (χ1v) is 12.6. The molecule has 182 valence electrons. The predicted molar refractivity (Wildman–Crippen MR) is 134 cm³/mol. The van der Waals surface area contributed by atoms with E-state index in [1.165, 1.54) is 25.7 Å². The Hall–Kier alpha value is -3.02. The monoisotopic (exact) mass is 464 g/mol. The highest BCUT2D eigenvalue weighted by molar-refractivity contribution is 6.05. The largest absolute Gasteiger partial charge is 0.496 e. The van der Waals surface area contributed by atoms with E-state index in [0.29, 0.717) is 41.1 Å². The number of nitrogens with zero attached hydrogens (tertiary/aromatic N) is 1. The van der Waals surface area contributed by atoms with Crippen molar-refractivity contribution in [2.24, 2.45) is 5.92 Å². The Bertz CT molecular complexity index is 986. The molecule has 34 heavy (non-hydrogen) atoms. The van der Waals surface area contributed by atoms with Crippen molar-refractivity contribution in [1.82, 2.24) is 4.90 Å². The third-order valence-electron chi connectivity index (χ3n) is 7.08. The van der Waals surface area contributed by atoms with Gasteiger partial charge in [0.2, 0.25) is 0 Å². The Balaban J connectivity index is 1.43. The molecule has 6 nitrogen and oxygen atoms in total. The molecule has 2 amide bonds. The first-order valence-electron chi connectivity index (χ1n) is 12.6. The fourth-order valence-electron chi connectivity index (χ4n) is 5.22. The summed E-state index contributed by atoms with van der Waals surface area (Å²) in [5.74, 6) is 1.68. The summed E-state index contributed by atoms with van der Waals surface area (Å²) in [6.45, 7) is 3.60. The van der Waals surface area contributed by atoms with Crippen LogP contribution in [0.1, 0.15) is 79.0 Å². The Morgan fingerprint density at radius 2 is 1.79 bits per heavy atom. The standard InChI is InChI=1S/C28H36N2O4/c1-3-4-18-34-23-14-11-21(12-15-23)27(31)29-22-13-16-24(26(19-22)33-2)28(32)30-17-7-9-20-8-5-6-10-25(20)30/h11-16,19-20,25H,3-10,17-18H2,1-2H3,(H,29,31)/t20-,25-/m1/s1. The van der Waals surface area contributed by atoms with E-state index in [2.05, 4.69) is 17.1 Å². The molecule has 2 fully saturated rings. The summed E-state index contributed by atoms with van der Waals surface area (Å²) in [6.07, 6.45) is 9.15. The minimum absolute atomic E-state index is 0.0324. The second-order valence-electron chi connectivity index (χ2n) is 9.35. The van der Waals surface area contributed by atoms with Gasteiger partial charge in [-0.3, -0.25) is 9.59 Å². The molecule has 0 radical (unpaired) electrons. The van der Waals surface area contributed by atoms with E-state index in [1.54, 1.807) is 37.4 Å². The Morgan fingerprint density at radius 1 is 1.03 bits per heavy atom. The average molecular weight is 465 g/mol. The van der Waals surface area contributed by atoms with E-state index in [-0.39, 0.29) is 11.8 Å². The first-order chi connectivity index (χ1) is 16.6. The topological polar surface area (TPSA) is 67.9 Å². The number of anilines is 1. The lowest BCUT2D eigenvalue weighted by Crippen LogP contribution is -2.49. The van der Waals surface area contributed by atoms with E-state index >= 15 is 0 Å². The lowest BCUT2D eigenvalue weighted by Gasteiger charge is -2.44.